The Kier molecular flexibility index (Phi) is 7.10. The number of carbonyl (C=O) groups is 1. The second-order valence-electron chi connectivity index (χ2n) is 8.76. The van der Waals surface area contributed by atoms with Gasteiger partial charge in [0.1, 0.15) is 0 Å². The van der Waals surface area contributed by atoms with Gasteiger partial charge in [-0.15, -0.1) is 0 Å². The van der Waals surface area contributed by atoms with Crippen LogP contribution in [-0.4, -0.2) is 39.7 Å². The van der Waals surface area contributed by atoms with E-state index < -0.39 is 11.6 Å². The molecule has 4 rings (SSSR count). The van der Waals surface area contributed by atoms with Crippen LogP contribution in [0.25, 0.3) is 5.69 Å². The largest absolute Gasteiger partial charge is 0.349 e. The molecule has 0 saturated carbocycles. The van der Waals surface area contributed by atoms with Gasteiger partial charge >= 0.3 is 0 Å². The van der Waals surface area contributed by atoms with E-state index in [1.165, 1.54) is 6.07 Å². The van der Waals surface area contributed by atoms with Crippen LogP contribution in [0.4, 0.5) is 8.78 Å². The molecule has 1 N–H and O–H groups in total. The number of rotatable bonds is 6. The molecule has 1 amide bonds. The Labute approximate surface area is 197 Å². The topological polar surface area (TPSA) is 50.2 Å². The number of hydrogen-bond acceptors (Lipinski definition) is 3. The van der Waals surface area contributed by atoms with Crippen LogP contribution < -0.4 is 5.32 Å². The fourth-order valence-corrected chi connectivity index (χ4v) is 4.40. The standard InChI is InChI=1S/C25H27ClF2N4O/c1-16(2)24-21(14-29-32(24)20-6-4-18(26)5-7-20)25(33)30-19-9-11-31(12-10-19)15-17-3-8-22(27)23(28)13-17/h3-8,13-14,16,19H,9-12,15H2,1-2H3,(H,30,33). The van der Waals surface area contributed by atoms with E-state index in [0.29, 0.717) is 17.1 Å². The molecule has 33 heavy (non-hydrogen) atoms. The Balaban J connectivity index is 1.39. The molecule has 2 aromatic carbocycles. The van der Waals surface area contributed by atoms with Crippen molar-refractivity contribution < 1.29 is 13.6 Å². The molecule has 0 bridgehead atoms. The fourth-order valence-electron chi connectivity index (χ4n) is 4.27. The van der Waals surface area contributed by atoms with E-state index >= 15 is 0 Å². The Morgan fingerprint density at radius 1 is 1.12 bits per heavy atom. The summed E-state index contributed by atoms with van der Waals surface area (Å²) in [5.74, 6) is -1.69. The molecule has 1 saturated heterocycles. The van der Waals surface area contributed by atoms with E-state index in [2.05, 4.69) is 15.3 Å². The third-order valence-electron chi connectivity index (χ3n) is 5.98. The number of hydrogen-bond donors (Lipinski definition) is 1. The summed E-state index contributed by atoms with van der Waals surface area (Å²) < 4.78 is 28.4. The Bertz CT molecular complexity index is 1120. The third-order valence-corrected chi connectivity index (χ3v) is 6.23. The predicted octanol–water partition coefficient (Wildman–Crippen LogP) is 5.32. The molecule has 0 radical (unpaired) electrons. The lowest BCUT2D eigenvalue weighted by atomic mass is 10.0. The summed E-state index contributed by atoms with van der Waals surface area (Å²) in [4.78, 5) is 15.3. The molecule has 1 aliphatic rings. The molecule has 1 aromatic heterocycles. The molecule has 1 aliphatic heterocycles. The highest BCUT2D eigenvalue weighted by atomic mass is 35.5. The zero-order valence-electron chi connectivity index (χ0n) is 18.7. The van der Waals surface area contributed by atoms with Crippen molar-refractivity contribution in [1.82, 2.24) is 20.0 Å². The van der Waals surface area contributed by atoms with Crippen molar-refractivity contribution in [3.8, 4) is 5.69 Å². The van der Waals surface area contributed by atoms with Crippen LogP contribution in [0.5, 0.6) is 0 Å². The number of benzene rings is 2. The van der Waals surface area contributed by atoms with Gasteiger partial charge in [-0.2, -0.15) is 5.10 Å². The van der Waals surface area contributed by atoms with Gasteiger partial charge in [-0.05, 0) is 60.7 Å². The van der Waals surface area contributed by atoms with Crippen molar-refractivity contribution in [2.75, 3.05) is 13.1 Å². The lowest BCUT2D eigenvalue weighted by Crippen LogP contribution is -2.44. The highest BCUT2D eigenvalue weighted by Gasteiger charge is 2.25. The van der Waals surface area contributed by atoms with Gasteiger partial charge in [0.2, 0.25) is 0 Å². The summed E-state index contributed by atoms with van der Waals surface area (Å²) in [5.41, 5.74) is 3.02. The van der Waals surface area contributed by atoms with Crippen molar-refractivity contribution >= 4 is 17.5 Å². The minimum Gasteiger partial charge on any atom is -0.349 e. The molecule has 8 heteroatoms. The zero-order chi connectivity index (χ0) is 23.5. The maximum absolute atomic E-state index is 13.5. The van der Waals surface area contributed by atoms with E-state index in [1.54, 1.807) is 29.1 Å². The maximum Gasteiger partial charge on any atom is 0.255 e. The van der Waals surface area contributed by atoms with Crippen molar-refractivity contribution in [2.24, 2.45) is 0 Å². The van der Waals surface area contributed by atoms with Crippen molar-refractivity contribution in [2.45, 2.75) is 45.2 Å². The van der Waals surface area contributed by atoms with E-state index in [-0.39, 0.29) is 17.9 Å². The molecular formula is C25H27ClF2N4O. The van der Waals surface area contributed by atoms with Gasteiger partial charge in [0.25, 0.3) is 5.91 Å². The predicted molar refractivity (Wildman–Crippen MR) is 125 cm³/mol. The highest BCUT2D eigenvalue weighted by Crippen LogP contribution is 2.25. The average molecular weight is 473 g/mol. The van der Waals surface area contributed by atoms with E-state index in [9.17, 15) is 13.6 Å². The van der Waals surface area contributed by atoms with Gasteiger partial charge in [-0.1, -0.05) is 31.5 Å². The van der Waals surface area contributed by atoms with Crippen molar-refractivity contribution in [3.63, 3.8) is 0 Å². The lowest BCUT2D eigenvalue weighted by molar-refractivity contribution is 0.0907. The molecule has 0 unspecified atom stereocenters. The quantitative estimate of drug-likeness (QED) is 0.528. The van der Waals surface area contributed by atoms with Gasteiger partial charge in [-0.25, -0.2) is 13.5 Å². The summed E-state index contributed by atoms with van der Waals surface area (Å²) in [6.07, 6.45) is 3.20. The number of amides is 1. The lowest BCUT2D eigenvalue weighted by Gasteiger charge is -2.32. The monoisotopic (exact) mass is 472 g/mol. The first kappa shape index (κ1) is 23.4. The van der Waals surface area contributed by atoms with Gasteiger partial charge in [-0.3, -0.25) is 9.69 Å². The molecule has 0 aliphatic carbocycles. The van der Waals surface area contributed by atoms with Gasteiger partial charge in [0, 0.05) is 30.7 Å². The first-order valence-electron chi connectivity index (χ1n) is 11.1. The zero-order valence-corrected chi connectivity index (χ0v) is 19.4. The normalized spacial score (nSPS) is 15.2. The molecule has 0 atom stereocenters. The van der Waals surface area contributed by atoms with Crippen LogP contribution in [0, 0.1) is 11.6 Å². The van der Waals surface area contributed by atoms with Crippen molar-refractivity contribution in [1.29, 1.82) is 0 Å². The Morgan fingerprint density at radius 3 is 2.45 bits per heavy atom. The number of nitrogens with zero attached hydrogens (tertiary/aromatic N) is 3. The molecule has 2 heterocycles. The SMILES string of the molecule is CC(C)c1c(C(=O)NC2CCN(Cc3ccc(F)c(F)c3)CC2)cnn1-c1ccc(Cl)cc1. The minimum atomic E-state index is -0.833. The summed E-state index contributed by atoms with van der Waals surface area (Å²) in [6.45, 7) is 6.17. The van der Waals surface area contributed by atoms with E-state index in [0.717, 1.165) is 48.9 Å². The van der Waals surface area contributed by atoms with Crippen LogP contribution in [0.1, 0.15) is 54.2 Å². The van der Waals surface area contributed by atoms with Crippen LogP contribution in [0.3, 0.4) is 0 Å². The summed E-state index contributed by atoms with van der Waals surface area (Å²) in [5, 5.41) is 8.27. The molecule has 174 valence electrons. The Morgan fingerprint density at radius 2 is 1.82 bits per heavy atom. The van der Waals surface area contributed by atoms with E-state index in [4.69, 9.17) is 11.6 Å². The fraction of sp³-hybridized carbons (Fsp3) is 0.360. The number of likely N-dealkylation sites (tertiary alicyclic amines) is 1. The third kappa shape index (κ3) is 5.42. The van der Waals surface area contributed by atoms with Crippen LogP contribution in [-0.2, 0) is 6.54 Å². The molecule has 5 nitrogen and oxygen atoms in total. The van der Waals surface area contributed by atoms with Crippen LogP contribution >= 0.6 is 11.6 Å². The number of nitrogens with one attached hydrogen (secondary N) is 1. The second kappa shape index (κ2) is 10.0. The molecule has 3 aromatic rings. The average Bonchev–Trinajstić information content (AvgIpc) is 3.24. The van der Waals surface area contributed by atoms with Crippen LogP contribution in [0.15, 0.2) is 48.7 Å². The summed E-state index contributed by atoms with van der Waals surface area (Å²) >= 11 is 6.01. The van der Waals surface area contributed by atoms with Crippen molar-refractivity contribution in [3.05, 3.63) is 82.1 Å². The van der Waals surface area contributed by atoms with Gasteiger partial charge in [0.05, 0.1) is 23.1 Å². The minimum absolute atomic E-state index is 0.0533. The van der Waals surface area contributed by atoms with Gasteiger partial charge < -0.3 is 5.32 Å². The number of aromatic nitrogens is 2. The second-order valence-corrected chi connectivity index (χ2v) is 9.20. The molecule has 1 fully saturated rings. The van der Waals surface area contributed by atoms with Gasteiger partial charge in [0.15, 0.2) is 11.6 Å². The maximum atomic E-state index is 13.5. The first-order chi connectivity index (χ1) is 15.8. The number of halogens is 3. The van der Waals surface area contributed by atoms with Crippen LogP contribution in [0.2, 0.25) is 5.02 Å². The number of carbonyl (C=O) groups excluding carboxylic acids is 1. The Hall–Kier alpha value is -2.77. The summed E-state index contributed by atoms with van der Waals surface area (Å²) in [6, 6.07) is 11.4. The summed E-state index contributed by atoms with van der Waals surface area (Å²) in [7, 11) is 0. The number of piperidine rings is 1. The molecular weight excluding hydrogens is 446 g/mol. The first-order valence-corrected chi connectivity index (χ1v) is 11.5. The molecule has 0 spiro atoms. The highest BCUT2D eigenvalue weighted by molar-refractivity contribution is 6.30. The smallest absolute Gasteiger partial charge is 0.255 e. The van der Waals surface area contributed by atoms with E-state index in [1.807, 2.05) is 26.0 Å².